The largest absolute Gasteiger partial charge is 0.477 e. The molecule has 0 radical (unpaired) electrons. The summed E-state index contributed by atoms with van der Waals surface area (Å²) in [5, 5.41) is 18.4. The summed E-state index contributed by atoms with van der Waals surface area (Å²) in [5.74, 6) is -1.50. The summed E-state index contributed by atoms with van der Waals surface area (Å²) in [5.41, 5.74) is 5.74. The summed E-state index contributed by atoms with van der Waals surface area (Å²) >= 11 is 2.92. The third kappa shape index (κ3) is 4.99. The van der Waals surface area contributed by atoms with E-state index in [-0.39, 0.29) is 0 Å². The minimum atomic E-state index is -0.750. The van der Waals surface area contributed by atoms with Gasteiger partial charge in [0.25, 0.3) is 0 Å². The van der Waals surface area contributed by atoms with Gasteiger partial charge in [-0.25, -0.2) is 9.59 Å². The monoisotopic (exact) mass is 504 g/mol. The van der Waals surface area contributed by atoms with Crippen LogP contribution in [0.4, 0.5) is 0 Å². The van der Waals surface area contributed by atoms with Crippen molar-refractivity contribution in [3.63, 3.8) is 0 Å². The Bertz CT molecular complexity index is 967. The maximum atomic E-state index is 11.2. The number of fused-ring (bicyclic) bond motifs is 2. The summed E-state index contributed by atoms with van der Waals surface area (Å²) in [6.07, 6.45) is 11.1. The number of hydrogen-bond donors (Lipinski definition) is 2. The molecule has 2 aliphatic carbocycles. The standard InChI is InChI=1S/2C14H20O2S/c2*1-4-14(5-2)7-6-10-11(8-14)9(3)17-12(10)13(15)16/h2*4-8H2,1-3H3,(H,15,16). The first-order valence-corrected chi connectivity index (χ1v) is 14.4. The second-order valence-corrected chi connectivity index (χ2v) is 12.7. The first-order chi connectivity index (χ1) is 16.1. The van der Waals surface area contributed by atoms with Gasteiger partial charge < -0.3 is 10.2 Å². The van der Waals surface area contributed by atoms with E-state index in [1.54, 1.807) is 0 Å². The Morgan fingerprint density at radius 2 is 1.00 bits per heavy atom. The van der Waals surface area contributed by atoms with Crippen molar-refractivity contribution < 1.29 is 19.8 Å². The Morgan fingerprint density at radius 3 is 1.26 bits per heavy atom. The second kappa shape index (κ2) is 10.5. The van der Waals surface area contributed by atoms with E-state index in [4.69, 9.17) is 0 Å². The number of carboxylic acids is 2. The van der Waals surface area contributed by atoms with Crippen LogP contribution in [0.25, 0.3) is 0 Å². The van der Waals surface area contributed by atoms with Crippen molar-refractivity contribution in [1.29, 1.82) is 0 Å². The van der Waals surface area contributed by atoms with Gasteiger partial charge in [-0.2, -0.15) is 0 Å². The molecule has 34 heavy (non-hydrogen) atoms. The molecular formula is C28H40O4S2. The van der Waals surface area contributed by atoms with Gasteiger partial charge in [-0.1, -0.05) is 53.4 Å². The number of aromatic carboxylic acids is 2. The molecule has 0 aromatic carbocycles. The van der Waals surface area contributed by atoms with Crippen LogP contribution in [0, 0.1) is 24.7 Å². The Hall–Kier alpha value is -1.66. The summed E-state index contributed by atoms with van der Waals surface area (Å²) in [6, 6.07) is 0. The molecule has 2 aliphatic rings. The molecular weight excluding hydrogens is 464 g/mol. The van der Waals surface area contributed by atoms with Crippen molar-refractivity contribution in [2.45, 2.75) is 106 Å². The summed E-state index contributed by atoms with van der Waals surface area (Å²) in [4.78, 5) is 26.0. The van der Waals surface area contributed by atoms with Crippen molar-refractivity contribution in [3.05, 3.63) is 41.8 Å². The van der Waals surface area contributed by atoms with Crippen LogP contribution < -0.4 is 0 Å². The third-order valence-corrected chi connectivity index (χ3v) is 11.3. The van der Waals surface area contributed by atoms with E-state index in [0.717, 1.165) is 49.7 Å². The minimum Gasteiger partial charge on any atom is -0.477 e. The molecule has 2 N–H and O–H groups in total. The number of hydrogen-bond acceptors (Lipinski definition) is 4. The van der Waals surface area contributed by atoms with Crippen LogP contribution in [0.1, 0.15) is 118 Å². The van der Waals surface area contributed by atoms with Crippen LogP contribution in [0.15, 0.2) is 0 Å². The lowest BCUT2D eigenvalue weighted by molar-refractivity contribution is 0.0689. The Labute approximate surface area is 212 Å². The van der Waals surface area contributed by atoms with Crippen molar-refractivity contribution in [1.82, 2.24) is 0 Å². The average molecular weight is 505 g/mol. The minimum absolute atomic E-state index is 0.411. The van der Waals surface area contributed by atoms with Gasteiger partial charge in [0.1, 0.15) is 9.75 Å². The third-order valence-electron chi connectivity index (χ3n) is 8.94. The van der Waals surface area contributed by atoms with E-state index in [9.17, 15) is 19.8 Å². The van der Waals surface area contributed by atoms with Gasteiger partial charge in [-0.05, 0) is 85.5 Å². The molecule has 0 saturated carbocycles. The number of carbonyl (C=O) groups is 2. The Kier molecular flexibility index (Phi) is 8.34. The summed E-state index contributed by atoms with van der Waals surface area (Å²) in [7, 11) is 0. The smallest absolute Gasteiger partial charge is 0.346 e. The van der Waals surface area contributed by atoms with Gasteiger partial charge in [0, 0.05) is 9.75 Å². The van der Waals surface area contributed by atoms with Gasteiger partial charge in [-0.15, -0.1) is 22.7 Å². The average Bonchev–Trinajstić information content (AvgIpc) is 3.35. The molecule has 4 nitrogen and oxygen atoms in total. The van der Waals surface area contributed by atoms with Crippen molar-refractivity contribution in [3.8, 4) is 0 Å². The van der Waals surface area contributed by atoms with E-state index >= 15 is 0 Å². The highest BCUT2D eigenvalue weighted by atomic mass is 32.1. The zero-order chi connectivity index (χ0) is 25.3. The van der Waals surface area contributed by atoms with E-state index in [2.05, 4.69) is 41.5 Å². The summed E-state index contributed by atoms with van der Waals surface area (Å²) in [6.45, 7) is 13.2. The normalized spacial score (nSPS) is 17.8. The van der Waals surface area contributed by atoms with Crippen molar-refractivity contribution in [2.24, 2.45) is 10.8 Å². The van der Waals surface area contributed by atoms with Gasteiger partial charge >= 0.3 is 11.9 Å². The lowest BCUT2D eigenvalue weighted by atomic mass is 9.68. The van der Waals surface area contributed by atoms with Crippen LogP contribution in [-0.4, -0.2) is 22.2 Å². The molecule has 4 rings (SSSR count). The number of thiophene rings is 2. The molecule has 2 aromatic rings. The molecule has 0 atom stereocenters. The molecule has 0 fully saturated rings. The lowest BCUT2D eigenvalue weighted by Crippen LogP contribution is -2.27. The van der Waals surface area contributed by atoms with E-state index in [0.29, 0.717) is 20.6 Å². The lowest BCUT2D eigenvalue weighted by Gasteiger charge is -2.36. The van der Waals surface area contributed by atoms with Crippen LogP contribution in [0.3, 0.4) is 0 Å². The van der Waals surface area contributed by atoms with Gasteiger partial charge in [-0.3, -0.25) is 0 Å². The highest BCUT2D eigenvalue weighted by Gasteiger charge is 2.36. The highest BCUT2D eigenvalue weighted by Crippen LogP contribution is 2.46. The maximum Gasteiger partial charge on any atom is 0.346 e. The van der Waals surface area contributed by atoms with E-state index < -0.39 is 11.9 Å². The fourth-order valence-electron chi connectivity index (χ4n) is 6.00. The zero-order valence-electron chi connectivity index (χ0n) is 21.6. The second-order valence-electron chi connectivity index (χ2n) is 10.3. The first kappa shape index (κ1) is 26.9. The number of aryl methyl sites for hydroxylation is 2. The number of rotatable bonds is 6. The molecule has 6 heteroatoms. The number of carboxylic acid groups (broad SMARTS) is 2. The molecule has 2 aromatic heterocycles. The van der Waals surface area contributed by atoms with E-state index in [1.807, 2.05) is 0 Å². The van der Waals surface area contributed by atoms with Gasteiger partial charge in [0.15, 0.2) is 0 Å². The van der Waals surface area contributed by atoms with Gasteiger partial charge in [0.2, 0.25) is 0 Å². The molecule has 2 heterocycles. The fourth-order valence-corrected chi connectivity index (χ4v) is 8.12. The van der Waals surface area contributed by atoms with Crippen molar-refractivity contribution in [2.75, 3.05) is 0 Å². The first-order valence-electron chi connectivity index (χ1n) is 12.7. The Balaban J connectivity index is 0.000000191. The van der Waals surface area contributed by atoms with E-state index in [1.165, 1.54) is 69.2 Å². The topological polar surface area (TPSA) is 74.6 Å². The predicted molar refractivity (Wildman–Crippen MR) is 142 cm³/mol. The highest BCUT2D eigenvalue weighted by molar-refractivity contribution is 7.14. The SMILES string of the molecule is CCC1(CC)CCc2c(C(=O)O)sc(C)c2C1.CCC1(CC)CCc2c(C(=O)O)sc(C)c2C1. The maximum absolute atomic E-state index is 11.2. The van der Waals surface area contributed by atoms with Crippen LogP contribution in [0.2, 0.25) is 0 Å². The van der Waals surface area contributed by atoms with Crippen LogP contribution in [0.5, 0.6) is 0 Å². The Morgan fingerprint density at radius 1 is 0.676 bits per heavy atom. The molecule has 0 unspecified atom stereocenters. The van der Waals surface area contributed by atoms with Crippen LogP contribution in [-0.2, 0) is 25.7 Å². The van der Waals surface area contributed by atoms with Crippen molar-refractivity contribution >= 4 is 34.6 Å². The molecule has 188 valence electrons. The molecule has 0 spiro atoms. The fraction of sp³-hybridized carbons (Fsp3) is 0.643. The zero-order valence-corrected chi connectivity index (χ0v) is 23.2. The molecule has 0 saturated heterocycles. The quantitative estimate of drug-likeness (QED) is 0.417. The molecule has 0 bridgehead atoms. The molecule has 0 amide bonds. The van der Waals surface area contributed by atoms with Crippen LogP contribution >= 0.6 is 22.7 Å². The molecule has 0 aliphatic heterocycles. The predicted octanol–water partition coefficient (Wildman–Crippen LogP) is 8.10. The van der Waals surface area contributed by atoms with Gasteiger partial charge in [0.05, 0.1) is 0 Å². The summed E-state index contributed by atoms with van der Waals surface area (Å²) < 4.78 is 0.